The van der Waals surface area contributed by atoms with Crippen molar-refractivity contribution in [3.8, 4) is 0 Å². The van der Waals surface area contributed by atoms with Crippen molar-refractivity contribution < 1.29 is 4.79 Å². The minimum absolute atomic E-state index is 0.0763. The number of hydrogen-bond donors (Lipinski definition) is 1. The molecule has 0 heterocycles. The van der Waals surface area contributed by atoms with Gasteiger partial charge in [0.2, 0.25) is 5.91 Å². The third-order valence-corrected chi connectivity index (χ3v) is 3.36. The second-order valence-electron chi connectivity index (χ2n) is 4.64. The van der Waals surface area contributed by atoms with Crippen LogP contribution in [0.4, 0.5) is 0 Å². The highest BCUT2D eigenvalue weighted by molar-refractivity contribution is 5.86. The second-order valence-corrected chi connectivity index (χ2v) is 4.64. The summed E-state index contributed by atoms with van der Waals surface area (Å²) in [5, 5.41) is 2.86. The van der Waals surface area contributed by atoms with Crippen LogP contribution >= 0.6 is 0 Å². The molecule has 1 amide bonds. The summed E-state index contributed by atoms with van der Waals surface area (Å²) in [6.45, 7) is 4.19. The van der Waals surface area contributed by atoms with Gasteiger partial charge in [-0.15, -0.1) is 0 Å². The molecule has 1 aliphatic rings. The fraction of sp³-hybridized carbons (Fsp3) is 0.400. The van der Waals surface area contributed by atoms with E-state index in [0.29, 0.717) is 5.92 Å². The summed E-state index contributed by atoms with van der Waals surface area (Å²) in [4.78, 5) is 11.1. The van der Waals surface area contributed by atoms with Crippen LogP contribution in [0, 0.1) is 5.92 Å². The van der Waals surface area contributed by atoms with Crippen LogP contribution in [0.2, 0.25) is 0 Å². The number of carbonyl (C=O) groups is 1. The first kappa shape index (κ1) is 11.9. The summed E-state index contributed by atoms with van der Waals surface area (Å²) in [5.74, 6) is 1.34. The monoisotopic (exact) mass is 229 g/mol. The van der Waals surface area contributed by atoms with Gasteiger partial charge in [0, 0.05) is 6.54 Å². The van der Waals surface area contributed by atoms with Crippen molar-refractivity contribution in [1.82, 2.24) is 5.32 Å². The van der Waals surface area contributed by atoms with Crippen molar-refractivity contribution in [3.63, 3.8) is 0 Å². The molecule has 0 spiro atoms. The van der Waals surface area contributed by atoms with E-state index in [-0.39, 0.29) is 5.91 Å². The van der Waals surface area contributed by atoms with Crippen LogP contribution < -0.4 is 5.32 Å². The highest BCUT2D eigenvalue weighted by Crippen LogP contribution is 2.44. The third-order valence-electron chi connectivity index (χ3n) is 3.36. The minimum Gasteiger partial charge on any atom is -0.353 e. The van der Waals surface area contributed by atoms with Crippen LogP contribution in [0.25, 0.3) is 0 Å². The topological polar surface area (TPSA) is 29.1 Å². The summed E-state index contributed by atoms with van der Waals surface area (Å²) in [7, 11) is 0. The van der Waals surface area contributed by atoms with Crippen molar-refractivity contribution in [3.05, 3.63) is 48.6 Å². The maximum Gasteiger partial charge on any atom is 0.243 e. The Labute approximate surface area is 103 Å². The predicted molar refractivity (Wildman–Crippen MR) is 69.7 cm³/mol. The summed E-state index contributed by atoms with van der Waals surface area (Å²) in [6, 6.07) is 10.6. The van der Waals surface area contributed by atoms with Crippen molar-refractivity contribution in [2.24, 2.45) is 5.92 Å². The molecule has 1 saturated carbocycles. The van der Waals surface area contributed by atoms with Gasteiger partial charge in [-0.05, 0) is 42.7 Å². The fourth-order valence-electron chi connectivity index (χ4n) is 2.30. The lowest BCUT2D eigenvalue weighted by molar-refractivity contribution is -0.116. The average molecular weight is 229 g/mol. The molecule has 0 aromatic heterocycles. The Kier molecular flexibility index (Phi) is 3.97. The molecule has 0 bridgehead atoms. The zero-order valence-corrected chi connectivity index (χ0v) is 10.1. The molecule has 90 valence electrons. The molecular weight excluding hydrogens is 210 g/mol. The SMILES string of the molecule is C=CC(=O)NCCC(c1ccccc1)C1CC1. The summed E-state index contributed by atoms with van der Waals surface area (Å²) in [5.41, 5.74) is 1.41. The molecule has 0 radical (unpaired) electrons. The van der Waals surface area contributed by atoms with Crippen molar-refractivity contribution >= 4 is 5.91 Å². The van der Waals surface area contributed by atoms with Gasteiger partial charge in [-0.2, -0.15) is 0 Å². The molecule has 2 rings (SSSR count). The molecule has 1 aliphatic carbocycles. The molecule has 2 nitrogen and oxygen atoms in total. The van der Waals surface area contributed by atoms with Gasteiger partial charge < -0.3 is 5.32 Å². The highest BCUT2D eigenvalue weighted by atomic mass is 16.1. The molecule has 1 atom stereocenters. The Morgan fingerprint density at radius 1 is 1.41 bits per heavy atom. The van der Waals surface area contributed by atoms with Crippen LogP contribution in [-0.2, 0) is 4.79 Å². The lowest BCUT2D eigenvalue weighted by Crippen LogP contribution is -2.23. The average Bonchev–Trinajstić information content (AvgIpc) is 3.19. The molecule has 2 heteroatoms. The van der Waals surface area contributed by atoms with E-state index >= 15 is 0 Å². The predicted octanol–water partition coefficient (Wildman–Crippen LogP) is 2.87. The maximum absolute atomic E-state index is 11.1. The Morgan fingerprint density at radius 2 is 2.12 bits per heavy atom. The molecule has 1 aromatic rings. The van der Waals surface area contributed by atoms with Crippen LogP contribution in [0.15, 0.2) is 43.0 Å². The van der Waals surface area contributed by atoms with E-state index in [2.05, 4.69) is 36.2 Å². The van der Waals surface area contributed by atoms with Crippen molar-refractivity contribution in [2.75, 3.05) is 6.54 Å². The fourth-order valence-corrected chi connectivity index (χ4v) is 2.30. The van der Waals surface area contributed by atoms with Gasteiger partial charge in [0.1, 0.15) is 0 Å². The van der Waals surface area contributed by atoms with E-state index in [0.717, 1.165) is 18.9 Å². The van der Waals surface area contributed by atoms with Crippen molar-refractivity contribution in [2.45, 2.75) is 25.2 Å². The van der Waals surface area contributed by atoms with Gasteiger partial charge in [-0.25, -0.2) is 0 Å². The molecule has 0 aliphatic heterocycles. The lowest BCUT2D eigenvalue weighted by Gasteiger charge is -2.16. The smallest absolute Gasteiger partial charge is 0.243 e. The van der Waals surface area contributed by atoms with Crippen LogP contribution in [-0.4, -0.2) is 12.5 Å². The first-order valence-electron chi connectivity index (χ1n) is 6.26. The van der Waals surface area contributed by atoms with Gasteiger partial charge in [0.25, 0.3) is 0 Å². The second kappa shape index (κ2) is 5.67. The molecule has 1 fully saturated rings. The normalized spacial score (nSPS) is 16.2. The largest absolute Gasteiger partial charge is 0.353 e. The Hall–Kier alpha value is -1.57. The molecule has 17 heavy (non-hydrogen) atoms. The molecule has 0 saturated heterocycles. The van der Waals surface area contributed by atoms with E-state index in [1.54, 1.807) is 0 Å². The van der Waals surface area contributed by atoms with Gasteiger partial charge in [0.05, 0.1) is 0 Å². The Bertz CT molecular complexity index is 381. The number of rotatable bonds is 6. The standard InChI is InChI=1S/C15H19NO/c1-2-15(17)16-11-10-14(13-8-9-13)12-6-4-3-5-7-12/h2-7,13-14H,1,8-11H2,(H,16,17). The zero-order valence-electron chi connectivity index (χ0n) is 10.1. The van der Waals surface area contributed by atoms with Crippen LogP contribution in [0.3, 0.4) is 0 Å². The molecular formula is C15H19NO. The first-order valence-corrected chi connectivity index (χ1v) is 6.26. The first-order chi connectivity index (χ1) is 8.31. The van der Waals surface area contributed by atoms with E-state index in [4.69, 9.17) is 0 Å². The number of amides is 1. The number of hydrogen-bond acceptors (Lipinski definition) is 1. The Balaban J connectivity index is 1.90. The van der Waals surface area contributed by atoms with Gasteiger partial charge in [-0.3, -0.25) is 4.79 Å². The van der Waals surface area contributed by atoms with Crippen LogP contribution in [0.5, 0.6) is 0 Å². The van der Waals surface area contributed by atoms with Gasteiger partial charge in [-0.1, -0.05) is 36.9 Å². The lowest BCUT2D eigenvalue weighted by atomic mass is 9.91. The summed E-state index contributed by atoms with van der Waals surface area (Å²) >= 11 is 0. The quantitative estimate of drug-likeness (QED) is 0.747. The van der Waals surface area contributed by atoms with Gasteiger partial charge in [0.15, 0.2) is 0 Å². The third kappa shape index (κ3) is 3.45. The van der Waals surface area contributed by atoms with Crippen LogP contribution in [0.1, 0.15) is 30.7 Å². The maximum atomic E-state index is 11.1. The minimum atomic E-state index is -0.0763. The van der Waals surface area contributed by atoms with E-state index in [1.165, 1.54) is 24.5 Å². The molecule has 1 N–H and O–H groups in total. The van der Waals surface area contributed by atoms with E-state index in [9.17, 15) is 4.79 Å². The number of nitrogens with one attached hydrogen (secondary N) is 1. The van der Waals surface area contributed by atoms with Gasteiger partial charge >= 0.3 is 0 Å². The highest BCUT2D eigenvalue weighted by Gasteiger charge is 2.31. The molecule has 1 aromatic carbocycles. The number of carbonyl (C=O) groups excluding carboxylic acids is 1. The summed E-state index contributed by atoms with van der Waals surface area (Å²) < 4.78 is 0. The van der Waals surface area contributed by atoms with E-state index in [1.807, 2.05) is 6.07 Å². The van der Waals surface area contributed by atoms with Crippen molar-refractivity contribution in [1.29, 1.82) is 0 Å². The zero-order chi connectivity index (χ0) is 12.1. The number of benzene rings is 1. The molecule has 1 unspecified atom stereocenters. The Morgan fingerprint density at radius 3 is 2.71 bits per heavy atom. The summed E-state index contributed by atoms with van der Waals surface area (Å²) in [6.07, 6.45) is 5.01. The van der Waals surface area contributed by atoms with E-state index < -0.39 is 0 Å².